The zero-order valence-corrected chi connectivity index (χ0v) is 79.9. The maximum Gasteiger partial charge on any atom is 0.410 e. The first-order valence-corrected chi connectivity index (χ1v) is 46.4. The predicted molar refractivity (Wildman–Crippen MR) is 524 cm³/mol. The highest BCUT2D eigenvalue weighted by molar-refractivity contribution is 7.91. The van der Waals surface area contributed by atoms with Gasteiger partial charge >= 0.3 is 6.09 Å². The van der Waals surface area contributed by atoms with E-state index in [9.17, 15) is 68.6 Å². The zero-order valence-electron chi connectivity index (χ0n) is 79.1. The first-order chi connectivity index (χ1) is 67.1. The summed E-state index contributed by atoms with van der Waals surface area (Å²) in [6.45, 7) is 31.5. The molecule has 710 valence electrons. The summed E-state index contributed by atoms with van der Waals surface area (Å²) in [7, 11) is -3.30. The van der Waals surface area contributed by atoms with Crippen molar-refractivity contribution in [3.05, 3.63) is 325 Å². The number of H-pyrrole nitrogens is 5. The maximum absolute atomic E-state index is 13.0. The van der Waals surface area contributed by atoms with Gasteiger partial charge in [0.15, 0.2) is 38.1 Å². The van der Waals surface area contributed by atoms with Crippen molar-refractivity contribution in [1.29, 1.82) is 26.3 Å². The number of nitrogens with one attached hydrogen (secondary N) is 5. The lowest BCUT2D eigenvalue weighted by Crippen LogP contribution is -2.35. The number of sulfone groups is 1. The molecule has 0 bridgehead atoms. The summed E-state index contributed by atoms with van der Waals surface area (Å²) < 4.78 is 45.0. The third-order valence-electron chi connectivity index (χ3n) is 22.8. The number of amides is 1. The van der Waals surface area contributed by atoms with Crippen molar-refractivity contribution in [3.8, 4) is 81.3 Å². The molecular weight excluding hydrogens is 1800 g/mol. The Morgan fingerprint density at radius 1 is 0.500 bits per heavy atom. The molecule has 39 heteroatoms. The van der Waals surface area contributed by atoms with Crippen molar-refractivity contribution in [2.75, 3.05) is 25.4 Å². The van der Waals surface area contributed by atoms with Crippen LogP contribution in [-0.2, 0) is 27.7 Å². The molecule has 3 aromatic carbocycles. The van der Waals surface area contributed by atoms with Gasteiger partial charge in [-0.05, 0) is 103 Å². The van der Waals surface area contributed by atoms with Crippen molar-refractivity contribution in [1.82, 2.24) is 107 Å². The number of benzene rings is 3. The Morgan fingerprint density at radius 2 is 0.907 bits per heavy atom. The molecule has 1 atom stereocenters. The molecule has 1 unspecified atom stereocenters. The molecule has 1 amide bonds. The highest BCUT2D eigenvalue weighted by atomic mass is 32.2. The normalized spacial score (nSPS) is 12.1. The average Bonchev–Trinajstić information content (AvgIpc) is 1.54. The lowest BCUT2D eigenvalue weighted by molar-refractivity contribution is 0.0306. The summed E-state index contributed by atoms with van der Waals surface area (Å²) in [4.78, 5) is 111. The number of fused-ring (bicyclic) bond motifs is 5. The summed E-state index contributed by atoms with van der Waals surface area (Å²) in [5.74, 6) is 0.152. The lowest BCUT2D eigenvalue weighted by Gasteiger charge is -2.24. The van der Waals surface area contributed by atoms with E-state index in [0.29, 0.717) is 144 Å². The minimum atomic E-state index is -3.30. The van der Waals surface area contributed by atoms with Crippen LogP contribution in [0.25, 0.3) is 84.9 Å². The monoisotopic (exact) mass is 1900 g/mol. The standard InChI is InChI=1S/C22H19N5O2.C21H19N7O.C21H20N6O2.C19H23N5O3.C18H18N4O3S/c1-14(2)19-20(26-21-17(10-23)12-25-27(21)22(19)28)16-8-9-18(24-11-16)29-13-15-6-4-3-5-7-15;1-4-16-6-5-7-17(25-16)12-27-11-15(10-23-27)19-18(13(2)3)21(29)28-20(26-19)14(8-22)9-24-28;1-13(2)18-19(25-20-15(8-22)9-24-27(20)21(18)29)16-10-23-26(11-16)17(12-28)14-6-4-3-5-7-14;1-11(2)14-15(22-16-13(8-20)9-21-24(16)17(14)25)12-6-7-23(10-12)18(26)27-19(3,4)5;1-4-26(24,25)14-7-5-12(6-8-14)16-15(11(2)3)18(23)22-17(21-16)13(9-19)10-20-22/h3-9,11-12,14,25H,13H2,1-2H3;4-7,9-11,13,24H,1,12H2,2-3H3;3-7,9-11,13,17,24,28H,12H2,1-2H3;6,9,11,21H,7,10H2,1-5H3;5-8,10-11,20H,4H2,1-3H3. The highest BCUT2D eigenvalue weighted by Crippen LogP contribution is 2.35. The van der Waals surface area contributed by atoms with E-state index in [0.717, 1.165) is 33.7 Å². The van der Waals surface area contributed by atoms with E-state index in [1.807, 2.05) is 199 Å². The van der Waals surface area contributed by atoms with Crippen LogP contribution < -0.4 is 32.5 Å². The van der Waals surface area contributed by atoms with E-state index in [1.165, 1.54) is 65.7 Å². The summed E-state index contributed by atoms with van der Waals surface area (Å²) in [6.07, 6.45) is 19.1. The Labute approximate surface area is 801 Å². The number of carbonyl (C=O) groups is 1. The third kappa shape index (κ3) is 20.5. The molecule has 0 saturated carbocycles. The van der Waals surface area contributed by atoms with E-state index < -0.39 is 21.5 Å². The van der Waals surface area contributed by atoms with Gasteiger partial charge in [-0.15, -0.1) is 0 Å². The Hall–Kier alpha value is -17.6. The van der Waals surface area contributed by atoms with Crippen molar-refractivity contribution < 1.29 is 27.8 Å². The third-order valence-corrected chi connectivity index (χ3v) is 24.5. The molecule has 0 fully saturated rings. The number of nitriles is 5. The highest BCUT2D eigenvalue weighted by Gasteiger charge is 2.32. The largest absolute Gasteiger partial charge is 0.473 e. The molecule has 18 rings (SSSR count). The lowest BCUT2D eigenvalue weighted by atomic mass is 9.98. The first-order valence-electron chi connectivity index (χ1n) is 44.7. The van der Waals surface area contributed by atoms with Crippen LogP contribution in [0, 0.1) is 56.7 Å². The number of aromatic amines is 5. The quantitative estimate of drug-likeness (QED) is 0.0389. The fraction of sp³-hybridized carbons (Fsp3) is 0.267. The van der Waals surface area contributed by atoms with Gasteiger partial charge in [0.25, 0.3) is 27.8 Å². The van der Waals surface area contributed by atoms with Crippen LogP contribution in [0.5, 0.6) is 5.88 Å². The number of aromatic nitrogens is 21. The Morgan fingerprint density at radius 3 is 1.31 bits per heavy atom. The molecule has 0 radical (unpaired) electrons. The topological polar surface area (TPSA) is 524 Å². The van der Waals surface area contributed by atoms with Crippen LogP contribution in [0.3, 0.4) is 0 Å². The van der Waals surface area contributed by atoms with Crippen molar-refractivity contribution >= 4 is 55.8 Å². The Bertz CT molecular complexity index is 8280. The zero-order chi connectivity index (χ0) is 100. The van der Waals surface area contributed by atoms with Crippen LogP contribution in [-0.4, -0.2) is 158 Å². The number of aliphatic hydroxyl groups is 1. The molecule has 140 heavy (non-hydrogen) atoms. The summed E-state index contributed by atoms with van der Waals surface area (Å²) in [5, 5.41) is 79.1. The maximum atomic E-state index is 13.0. The SMILES string of the molecule is C=Cc1cccc(Cn2cc(-c3nc4c(C#N)c[nH]n4c(=O)c3C(C)C)cn2)n1.CC(C)c1c(-c2ccc(OCc3ccccc3)nc2)nc2c(C#N)c[nH]n2c1=O.CC(C)c1c(-c2cnn(C(CO)c3ccccc3)c2)nc2c(C#N)c[nH]n2c1=O.CC(C)c1c(C2=CCN(C(=O)OC(C)(C)C)C2)nc2c(C#N)c[nH]n2c1=O.CCS(=O)(=O)c1ccc(-c2nc3c(C#N)c[nH]n3c(=O)c2C(C)C)cc1. The number of pyridine rings is 2. The van der Waals surface area contributed by atoms with Crippen LogP contribution in [0.1, 0.15) is 216 Å². The van der Waals surface area contributed by atoms with E-state index in [1.54, 1.807) is 70.2 Å². The van der Waals surface area contributed by atoms with Gasteiger partial charge in [0.1, 0.15) is 70.4 Å². The molecule has 1 aliphatic rings. The second kappa shape index (κ2) is 41.7. The van der Waals surface area contributed by atoms with Crippen LogP contribution in [0.15, 0.2) is 219 Å². The predicted octanol–water partition coefficient (Wildman–Crippen LogP) is 14.2. The van der Waals surface area contributed by atoms with Gasteiger partial charge in [-0.25, -0.2) is 65.7 Å². The molecule has 1 aliphatic heterocycles. The van der Waals surface area contributed by atoms with E-state index in [-0.39, 0.29) is 97.5 Å². The second-order valence-electron chi connectivity index (χ2n) is 35.1. The van der Waals surface area contributed by atoms with Crippen LogP contribution in [0.2, 0.25) is 0 Å². The smallest absolute Gasteiger partial charge is 0.410 e. The fourth-order valence-corrected chi connectivity index (χ4v) is 16.8. The second-order valence-corrected chi connectivity index (χ2v) is 37.4. The summed E-state index contributed by atoms with van der Waals surface area (Å²) in [6, 6.07) is 44.9. The molecule has 0 saturated heterocycles. The van der Waals surface area contributed by atoms with Crippen LogP contribution >= 0.6 is 0 Å². The number of hydrogen-bond donors (Lipinski definition) is 6. The van der Waals surface area contributed by atoms with Gasteiger partial charge in [-0.1, -0.05) is 168 Å². The van der Waals surface area contributed by atoms with Gasteiger partial charge < -0.3 is 19.5 Å². The number of nitrogens with zero attached hydrogens (tertiary/aromatic N) is 22. The minimum Gasteiger partial charge on any atom is -0.473 e. The summed E-state index contributed by atoms with van der Waals surface area (Å²) >= 11 is 0. The number of hydrogen-bond acceptors (Lipinski definition) is 25. The van der Waals surface area contributed by atoms with E-state index in [4.69, 9.17) is 9.47 Å². The number of aliphatic hydroxyl groups excluding tert-OH is 1. The minimum absolute atomic E-state index is 0.0179. The molecule has 0 aliphatic carbocycles. The molecule has 17 aromatic rings. The number of carbonyl (C=O) groups excluding carboxylic acids is 1. The average molecular weight is 1900 g/mol. The van der Waals surface area contributed by atoms with Crippen LogP contribution in [0.4, 0.5) is 4.79 Å². The first kappa shape index (κ1) is 98.4. The van der Waals surface area contributed by atoms with E-state index >= 15 is 0 Å². The molecule has 38 nitrogen and oxygen atoms in total. The van der Waals surface area contributed by atoms with Crippen molar-refractivity contribution in [2.24, 2.45) is 0 Å². The Balaban J connectivity index is 0.000000139. The molecular formula is C101H99N27O11S. The fourth-order valence-electron chi connectivity index (χ4n) is 15.9. The molecule has 14 aromatic heterocycles. The number of rotatable bonds is 21. The van der Waals surface area contributed by atoms with E-state index in [2.05, 4.69) is 95.4 Å². The molecule has 6 N–H and O–H groups in total. The summed E-state index contributed by atoms with van der Waals surface area (Å²) in [5.41, 5.74) is 13.6. The van der Waals surface area contributed by atoms with Gasteiger partial charge in [-0.2, -0.15) is 36.5 Å². The van der Waals surface area contributed by atoms with Gasteiger partial charge in [0.2, 0.25) is 5.88 Å². The molecule has 0 spiro atoms. The molecule has 15 heterocycles. The Kier molecular flexibility index (Phi) is 29.3. The van der Waals surface area contributed by atoms with Gasteiger partial charge in [-0.3, -0.25) is 63.8 Å². The van der Waals surface area contributed by atoms with Crippen molar-refractivity contribution in [3.63, 3.8) is 0 Å². The number of ether oxygens (including phenoxy) is 2. The van der Waals surface area contributed by atoms with Gasteiger partial charge in [0, 0.05) is 112 Å². The van der Waals surface area contributed by atoms with Crippen molar-refractivity contribution in [2.45, 2.75) is 156 Å². The van der Waals surface area contributed by atoms with Gasteiger partial charge in [0.05, 0.1) is 88.6 Å².